The number of hydrogen-bond donors (Lipinski definition) is 1. The summed E-state index contributed by atoms with van der Waals surface area (Å²) in [5.74, 6) is 0.608. The second-order valence-corrected chi connectivity index (χ2v) is 5.69. The first-order chi connectivity index (χ1) is 10.0. The van der Waals surface area contributed by atoms with Crippen LogP contribution < -0.4 is 15.2 Å². The maximum absolute atomic E-state index is 13.5. The fourth-order valence-electron chi connectivity index (χ4n) is 2.81. The summed E-state index contributed by atoms with van der Waals surface area (Å²) < 4.78 is 24.5. The smallest absolute Gasteiger partial charge is 0.234 e. The molecule has 0 radical (unpaired) electrons. The Morgan fingerprint density at radius 1 is 1.43 bits per heavy atom. The number of alkyl halides is 1. The van der Waals surface area contributed by atoms with E-state index >= 15 is 0 Å². The molecule has 114 valence electrons. The predicted molar refractivity (Wildman–Crippen MR) is 75.3 cm³/mol. The summed E-state index contributed by atoms with van der Waals surface area (Å²) in [7, 11) is 0. The Labute approximate surface area is 126 Å². The highest BCUT2D eigenvalue weighted by molar-refractivity contribution is 6.32. The number of likely N-dealkylation sites (tertiary alicyclic amines) is 1. The summed E-state index contributed by atoms with van der Waals surface area (Å²) in [5, 5.41) is 0.453. The molecule has 5 nitrogen and oxygen atoms in total. The number of carbonyl (C=O) groups excluding carboxylic acids is 1. The molecule has 2 heterocycles. The van der Waals surface area contributed by atoms with E-state index in [9.17, 15) is 9.18 Å². The van der Waals surface area contributed by atoms with Crippen molar-refractivity contribution in [3.8, 4) is 11.5 Å². The van der Waals surface area contributed by atoms with Gasteiger partial charge in [0.25, 0.3) is 0 Å². The Morgan fingerprint density at radius 3 is 2.95 bits per heavy atom. The van der Waals surface area contributed by atoms with E-state index < -0.39 is 18.1 Å². The summed E-state index contributed by atoms with van der Waals surface area (Å²) in [6, 6.07) is 2.98. The van der Waals surface area contributed by atoms with Crippen molar-refractivity contribution in [1.29, 1.82) is 0 Å². The molecule has 1 aromatic carbocycles. The van der Waals surface area contributed by atoms with Gasteiger partial charge in [0.05, 0.1) is 11.1 Å². The van der Waals surface area contributed by atoms with Crippen LogP contribution >= 0.6 is 11.6 Å². The normalized spacial score (nSPS) is 25.0. The molecule has 0 bridgehead atoms. The topological polar surface area (TPSA) is 64.8 Å². The number of carbonyl (C=O) groups is 1. The van der Waals surface area contributed by atoms with E-state index in [1.54, 1.807) is 11.0 Å². The summed E-state index contributed by atoms with van der Waals surface area (Å²) in [5.41, 5.74) is 6.16. The molecule has 3 rings (SSSR count). The zero-order valence-electron chi connectivity index (χ0n) is 11.4. The highest BCUT2D eigenvalue weighted by Crippen LogP contribution is 2.39. The van der Waals surface area contributed by atoms with Crippen molar-refractivity contribution >= 4 is 17.5 Å². The van der Waals surface area contributed by atoms with E-state index in [0.29, 0.717) is 36.3 Å². The zero-order valence-corrected chi connectivity index (χ0v) is 12.1. The van der Waals surface area contributed by atoms with Crippen molar-refractivity contribution in [2.45, 2.75) is 25.2 Å². The number of hydrogen-bond acceptors (Lipinski definition) is 4. The highest BCUT2D eigenvalue weighted by Gasteiger charge is 2.35. The molecule has 2 aliphatic rings. The number of amides is 1. The summed E-state index contributed by atoms with van der Waals surface area (Å²) in [6.45, 7) is 1.52. The molecule has 0 aromatic heterocycles. The fraction of sp³-hybridized carbons (Fsp3) is 0.500. The van der Waals surface area contributed by atoms with E-state index in [1.165, 1.54) is 0 Å². The van der Waals surface area contributed by atoms with Gasteiger partial charge in [-0.2, -0.15) is 0 Å². The maximum atomic E-state index is 13.5. The molecule has 0 unspecified atom stereocenters. The minimum Gasteiger partial charge on any atom is -0.486 e. The highest BCUT2D eigenvalue weighted by atomic mass is 35.5. The van der Waals surface area contributed by atoms with Crippen LogP contribution in [0.3, 0.4) is 0 Å². The van der Waals surface area contributed by atoms with Gasteiger partial charge in [-0.1, -0.05) is 11.6 Å². The Kier molecular flexibility index (Phi) is 3.91. The van der Waals surface area contributed by atoms with Crippen LogP contribution in [0.25, 0.3) is 0 Å². The second-order valence-electron chi connectivity index (χ2n) is 5.28. The average Bonchev–Trinajstić information content (AvgIpc) is 2.80. The van der Waals surface area contributed by atoms with Gasteiger partial charge in [0.15, 0.2) is 11.5 Å². The van der Waals surface area contributed by atoms with E-state index in [1.807, 2.05) is 6.07 Å². The van der Waals surface area contributed by atoms with Crippen LogP contribution in [0.5, 0.6) is 11.5 Å². The lowest BCUT2D eigenvalue weighted by Crippen LogP contribution is -2.39. The first kappa shape index (κ1) is 14.4. The lowest BCUT2D eigenvalue weighted by Gasteiger charge is -2.24. The SMILES string of the molecule is NC(=O)[C@@H]1C[C@@H](F)CN1Cc1cc(Cl)c2c(c1)OCCO2. The molecule has 2 N–H and O–H groups in total. The lowest BCUT2D eigenvalue weighted by molar-refractivity contribution is -0.122. The summed E-state index contributed by atoms with van der Waals surface area (Å²) in [6.07, 6.45) is -0.886. The molecular formula is C14H16ClFN2O3. The quantitative estimate of drug-likeness (QED) is 0.918. The number of ether oxygens (including phenoxy) is 2. The van der Waals surface area contributed by atoms with E-state index in [2.05, 4.69) is 0 Å². The van der Waals surface area contributed by atoms with Crippen molar-refractivity contribution in [2.75, 3.05) is 19.8 Å². The molecule has 1 aromatic rings. The standard InChI is InChI=1S/C14H16ClFN2O3/c15-10-3-8(4-12-13(10)21-2-1-20-12)6-18-7-9(16)5-11(18)14(17)19/h3-4,9,11H,1-2,5-7H2,(H2,17,19)/t9-,11+/m1/s1. The molecule has 0 saturated carbocycles. The number of primary amides is 1. The van der Waals surface area contributed by atoms with Gasteiger partial charge in [-0.25, -0.2) is 4.39 Å². The number of rotatable bonds is 3. The fourth-order valence-corrected chi connectivity index (χ4v) is 3.10. The van der Waals surface area contributed by atoms with Crippen molar-refractivity contribution in [3.63, 3.8) is 0 Å². The zero-order chi connectivity index (χ0) is 15.0. The Bertz CT molecular complexity index is 569. The van der Waals surface area contributed by atoms with Crippen LogP contribution in [0, 0.1) is 0 Å². The van der Waals surface area contributed by atoms with Crippen LogP contribution in [0.2, 0.25) is 5.02 Å². The first-order valence-corrected chi connectivity index (χ1v) is 7.18. The monoisotopic (exact) mass is 314 g/mol. The van der Waals surface area contributed by atoms with Gasteiger partial charge in [0.2, 0.25) is 5.91 Å². The molecular weight excluding hydrogens is 299 g/mol. The van der Waals surface area contributed by atoms with Gasteiger partial charge in [0, 0.05) is 19.5 Å². The molecule has 1 saturated heterocycles. The number of halogens is 2. The molecule has 7 heteroatoms. The lowest BCUT2D eigenvalue weighted by atomic mass is 10.1. The third-order valence-corrected chi connectivity index (χ3v) is 4.00. The van der Waals surface area contributed by atoms with Crippen molar-refractivity contribution in [3.05, 3.63) is 22.7 Å². The van der Waals surface area contributed by atoms with Crippen molar-refractivity contribution < 1.29 is 18.7 Å². The second kappa shape index (κ2) is 5.69. The molecule has 2 atom stereocenters. The Morgan fingerprint density at radius 2 is 2.19 bits per heavy atom. The van der Waals surface area contributed by atoms with E-state index in [4.69, 9.17) is 26.8 Å². The van der Waals surface area contributed by atoms with Gasteiger partial charge >= 0.3 is 0 Å². The maximum Gasteiger partial charge on any atom is 0.234 e. The molecule has 21 heavy (non-hydrogen) atoms. The van der Waals surface area contributed by atoms with E-state index in [-0.39, 0.29) is 13.0 Å². The number of fused-ring (bicyclic) bond motifs is 1. The van der Waals surface area contributed by atoms with E-state index in [0.717, 1.165) is 5.56 Å². The number of benzene rings is 1. The largest absolute Gasteiger partial charge is 0.486 e. The molecule has 2 aliphatic heterocycles. The predicted octanol–water partition coefficient (Wildman–Crippen LogP) is 1.51. The third kappa shape index (κ3) is 2.91. The van der Waals surface area contributed by atoms with Crippen LogP contribution in [0.1, 0.15) is 12.0 Å². The third-order valence-electron chi connectivity index (χ3n) is 3.72. The van der Waals surface area contributed by atoms with Gasteiger partial charge in [-0.15, -0.1) is 0 Å². The summed E-state index contributed by atoms with van der Waals surface area (Å²) >= 11 is 6.17. The molecule has 1 amide bonds. The minimum absolute atomic E-state index is 0.146. The molecule has 0 aliphatic carbocycles. The Balaban J connectivity index is 1.81. The Hall–Kier alpha value is -1.53. The van der Waals surface area contributed by atoms with Crippen LogP contribution in [-0.4, -0.2) is 42.8 Å². The van der Waals surface area contributed by atoms with Crippen molar-refractivity contribution in [2.24, 2.45) is 5.73 Å². The van der Waals surface area contributed by atoms with Crippen LogP contribution in [-0.2, 0) is 11.3 Å². The molecule has 0 spiro atoms. The minimum atomic E-state index is -1.03. The van der Waals surface area contributed by atoms with Gasteiger partial charge in [0.1, 0.15) is 19.4 Å². The van der Waals surface area contributed by atoms with Gasteiger partial charge < -0.3 is 15.2 Å². The van der Waals surface area contributed by atoms with Crippen LogP contribution in [0.15, 0.2) is 12.1 Å². The van der Waals surface area contributed by atoms with Gasteiger partial charge in [-0.3, -0.25) is 9.69 Å². The number of nitrogens with zero attached hydrogens (tertiary/aromatic N) is 1. The number of nitrogens with two attached hydrogens (primary N) is 1. The van der Waals surface area contributed by atoms with Crippen molar-refractivity contribution in [1.82, 2.24) is 4.90 Å². The average molecular weight is 315 g/mol. The van der Waals surface area contributed by atoms with Gasteiger partial charge in [-0.05, 0) is 17.7 Å². The first-order valence-electron chi connectivity index (χ1n) is 6.80. The summed E-state index contributed by atoms with van der Waals surface area (Å²) in [4.78, 5) is 13.1. The molecule has 1 fully saturated rings. The van der Waals surface area contributed by atoms with Crippen LogP contribution in [0.4, 0.5) is 4.39 Å².